The van der Waals surface area contributed by atoms with Gasteiger partial charge in [0.15, 0.2) is 0 Å². The third-order valence-electron chi connectivity index (χ3n) is 1.80. The highest BCUT2D eigenvalue weighted by molar-refractivity contribution is 6.32. The lowest BCUT2D eigenvalue weighted by Crippen LogP contribution is -2.17. The Kier molecular flexibility index (Phi) is 4.44. The van der Waals surface area contributed by atoms with Gasteiger partial charge < -0.3 is 10.1 Å². The van der Waals surface area contributed by atoms with E-state index in [-0.39, 0.29) is 10.8 Å². The average molecular weight is 254 g/mol. The predicted octanol–water partition coefficient (Wildman–Crippen LogP) is 3.35. The van der Waals surface area contributed by atoms with Crippen LogP contribution in [0.15, 0.2) is 18.2 Å². The maximum atomic E-state index is 11.9. The van der Waals surface area contributed by atoms with Crippen LogP contribution < -0.4 is 10.1 Å². The molecule has 1 rings (SSSR count). The summed E-state index contributed by atoms with van der Waals surface area (Å²) in [7, 11) is 0. The molecular formula is C10H11ClF3NO. The van der Waals surface area contributed by atoms with Crippen LogP contribution in [0, 0.1) is 0 Å². The Hall–Kier alpha value is -0.940. The van der Waals surface area contributed by atoms with Crippen LogP contribution in [0.2, 0.25) is 5.02 Å². The first kappa shape index (κ1) is 13.1. The van der Waals surface area contributed by atoms with E-state index in [9.17, 15) is 13.2 Å². The van der Waals surface area contributed by atoms with Gasteiger partial charge in [-0.05, 0) is 24.2 Å². The zero-order valence-corrected chi connectivity index (χ0v) is 9.32. The molecule has 0 atom stereocenters. The molecule has 0 amide bonds. The zero-order chi connectivity index (χ0) is 12.2. The number of halogens is 4. The second-order valence-electron chi connectivity index (χ2n) is 3.09. The summed E-state index contributed by atoms with van der Waals surface area (Å²) in [6, 6.07) is 4.20. The minimum Gasteiger partial charge on any atom is -0.404 e. The fraction of sp³-hybridized carbons (Fsp3) is 0.400. The fourth-order valence-corrected chi connectivity index (χ4v) is 1.37. The highest BCUT2D eigenvalue weighted by Crippen LogP contribution is 2.30. The van der Waals surface area contributed by atoms with E-state index >= 15 is 0 Å². The number of hydrogen-bond acceptors (Lipinski definition) is 2. The van der Waals surface area contributed by atoms with Crippen LogP contribution in [0.1, 0.15) is 12.5 Å². The van der Waals surface area contributed by atoms with Gasteiger partial charge in [-0.2, -0.15) is 0 Å². The molecule has 90 valence electrons. The van der Waals surface area contributed by atoms with E-state index in [2.05, 4.69) is 10.1 Å². The molecule has 1 N–H and O–H groups in total. The first-order valence-corrected chi connectivity index (χ1v) is 5.05. The van der Waals surface area contributed by atoms with Crippen molar-refractivity contribution in [2.75, 3.05) is 6.54 Å². The molecule has 0 aliphatic carbocycles. The van der Waals surface area contributed by atoms with Crippen LogP contribution in [-0.4, -0.2) is 12.9 Å². The van der Waals surface area contributed by atoms with Gasteiger partial charge in [-0.3, -0.25) is 0 Å². The monoisotopic (exact) mass is 253 g/mol. The molecule has 0 aliphatic rings. The van der Waals surface area contributed by atoms with Gasteiger partial charge in [0.05, 0.1) is 5.02 Å². The van der Waals surface area contributed by atoms with Crippen molar-refractivity contribution in [3.8, 4) is 5.75 Å². The number of alkyl halides is 3. The summed E-state index contributed by atoms with van der Waals surface area (Å²) in [6.07, 6.45) is -4.72. The Balaban J connectivity index is 2.75. The lowest BCUT2D eigenvalue weighted by atomic mass is 10.2. The molecule has 0 saturated carbocycles. The fourth-order valence-electron chi connectivity index (χ4n) is 1.13. The molecule has 0 radical (unpaired) electrons. The first-order chi connectivity index (χ1) is 7.42. The number of hydrogen-bond donors (Lipinski definition) is 1. The number of nitrogens with one attached hydrogen (secondary N) is 1. The standard InChI is InChI=1S/C10H11ClF3NO/c1-2-15-6-7-3-4-9(8(11)5-7)16-10(12,13)14/h3-5,15H,2,6H2,1H3. The maximum absolute atomic E-state index is 11.9. The Labute approximate surface area is 96.4 Å². The summed E-state index contributed by atoms with van der Waals surface area (Å²) in [6.45, 7) is 3.27. The second kappa shape index (κ2) is 5.41. The van der Waals surface area contributed by atoms with E-state index in [1.54, 1.807) is 0 Å². The molecule has 0 saturated heterocycles. The molecule has 2 nitrogen and oxygen atoms in total. The molecule has 1 aromatic rings. The largest absolute Gasteiger partial charge is 0.573 e. The quantitative estimate of drug-likeness (QED) is 0.889. The Morgan fingerprint density at radius 3 is 2.56 bits per heavy atom. The molecule has 0 aliphatic heterocycles. The maximum Gasteiger partial charge on any atom is 0.573 e. The van der Waals surface area contributed by atoms with Gasteiger partial charge in [-0.25, -0.2) is 0 Å². The molecule has 0 spiro atoms. The summed E-state index contributed by atoms with van der Waals surface area (Å²) in [4.78, 5) is 0. The molecule has 1 aromatic carbocycles. The van der Waals surface area contributed by atoms with Crippen molar-refractivity contribution < 1.29 is 17.9 Å². The van der Waals surface area contributed by atoms with E-state index in [1.165, 1.54) is 18.2 Å². The van der Waals surface area contributed by atoms with Crippen molar-refractivity contribution in [2.24, 2.45) is 0 Å². The van der Waals surface area contributed by atoms with Gasteiger partial charge in [-0.1, -0.05) is 24.6 Å². The zero-order valence-electron chi connectivity index (χ0n) is 8.57. The van der Waals surface area contributed by atoms with Gasteiger partial charge in [0.1, 0.15) is 5.75 Å². The van der Waals surface area contributed by atoms with E-state index in [1.807, 2.05) is 6.92 Å². The third kappa shape index (κ3) is 4.28. The van der Waals surface area contributed by atoms with E-state index < -0.39 is 6.36 Å². The minimum atomic E-state index is -4.72. The molecule has 6 heteroatoms. The minimum absolute atomic E-state index is 0.0484. The molecular weight excluding hydrogens is 243 g/mol. The SMILES string of the molecule is CCNCc1ccc(OC(F)(F)F)c(Cl)c1. The van der Waals surface area contributed by atoms with E-state index in [0.29, 0.717) is 6.54 Å². The molecule has 0 aromatic heterocycles. The smallest absolute Gasteiger partial charge is 0.404 e. The first-order valence-electron chi connectivity index (χ1n) is 4.67. The van der Waals surface area contributed by atoms with Crippen LogP contribution in [0.25, 0.3) is 0 Å². The van der Waals surface area contributed by atoms with Crippen LogP contribution >= 0.6 is 11.6 Å². The third-order valence-corrected chi connectivity index (χ3v) is 2.10. The molecule has 16 heavy (non-hydrogen) atoms. The Morgan fingerprint density at radius 1 is 1.38 bits per heavy atom. The Morgan fingerprint density at radius 2 is 2.06 bits per heavy atom. The van der Waals surface area contributed by atoms with Gasteiger partial charge in [-0.15, -0.1) is 13.2 Å². The lowest BCUT2D eigenvalue weighted by molar-refractivity contribution is -0.274. The van der Waals surface area contributed by atoms with Crippen LogP contribution in [0.5, 0.6) is 5.75 Å². The second-order valence-corrected chi connectivity index (χ2v) is 3.50. The van der Waals surface area contributed by atoms with Gasteiger partial charge in [0.25, 0.3) is 0 Å². The van der Waals surface area contributed by atoms with Crippen LogP contribution in [0.3, 0.4) is 0 Å². The van der Waals surface area contributed by atoms with E-state index in [0.717, 1.165) is 12.1 Å². The highest BCUT2D eigenvalue weighted by Gasteiger charge is 2.31. The topological polar surface area (TPSA) is 21.3 Å². The predicted molar refractivity (Wildman–Crippen MR) is 55.5 cm³/mol. The number of rotatable bonds is 4. The lowest BCUT2D eigenvalue weighted by Gasteiger charge is -2.11. The summed E-state index contributed by atoms with van der Waals surface area (Å²) in [5, 5.41) is 2.99. The summed E-state index contributed by atoms with van der Waals surface area (Å²) >= 11 is 5.66. The van der Waals surface area contributed by atoms with Crippen molar-refractivity contribution in [2.45, 2.75) is 19.8 Å². The van der Waals surface area contributed by atoms with Crippen LogP contribution in [0.4, 0.5) is 13.2 Å². The molecule has 0 bridgehead atoms. The van der Waals surface area contributed by atoms with Gasteiger partial charge in [0.2, 0.25) is 0 Å². The van der Waals surface area contributed by atoms with Crippen molar-refractivity contribution in [1.29, 1.82) is 0 Å². The molecule has 0 unspecified atom stereocenters. The number of ether oxygens (including phenoxy) is 1. The average Bonchev–Trinajstić information content (AvgIpc) is 2.17. The summed E-state index contributed by atoms with van der Waals surface area (Å²) < 4.78 is 39.5. The highest BCUT2D eigenvalue weighted by atomic mass is 35.5. The Bertz CT molecular complexity index is 354. The van der Waals surface area contributed by atoms with Crippen molar-refractivity contribution in [1.82, 2.24) is 5.32 Å². The van der Waals surface area contributed by atoms with E-state index in [4.69, 9.17) is 11.6 Å². The normalized spacial score (nSPS) is 11.6. The van der Waals surface area contributed by atoms with Gasteiger partial charge >= 0.3 is 6.36 Å². The van der Waals surface area contributed by atoms with Crippen molar-refractivity contribution in [3.63, 3.8) is 0 Å². The number of benzene rings is 1. The van der Waals surface area contributed by atoms with Crippen molar-refractivity contribution in [3.05, 3.63) is 28.8 Å². The summed E-state index contributed by atoms with van der Waals surface area (Å²) in [5.74, 6) is -0.380. The molecule has 0 heterocycles. The van der Waals surface area contributed by atoms with Crippen molar-refractivity contribution >= 4 is 11.6 Å². The van der Waals surface area contributed by atoms with Gasteiger partial charge in [0, 0.05) is 6.54 Å². The van der Waals surface area contributed by atoms with Crippen LogP contribution in [-0.2, 0) is 6.54 Å². The molecule has 0 fully saturated rings. The summed E-state index contributed by atoms with van der Waals surface area (Å²) in [5.41, 5.74) is 0.807.